The van der Waals surface area contributed by atoms with Gasteiger partial charge in [0, 0.05) is 34.7 Å². The van der Waals surface area contributed by atoms with E-state index in [1.165, 1.54) is 0 Å². The molecule has 5 nitrogen and oxygen atoms in total. The summed E-state index contributed by atoms with van der Waals surface area (Å²) in [4.78, 5) is 8.74. The number of hydrogen-bond donors (Lipinski definition) is 0. The molecule has 0 unspecified atom stereocenters. The predicted octanol–water partition coefficient (Wildman–Crippen LogP) is 3.54. The zero-order valence-electron chi connectivity index (χ0n) is 11.8. The third-order valence-corrected chi connectivity index (χ3v) is 3.76. The van der Waals surface area contributed by atoms with E-state index in [1.807, 2.05) is 58.7 Å². The fraction of sp³-hybridized carbons (Fsp3) is 0.0625. The van der Waals surface area contributed by atoms with Crippen LogP contribution in [0.2, 0.25) is 5.02 Å². The van der Waals surface area contributed by atoms with Gasteiger partial charge in [-0.1, -0.05) is 23.7 Å². The number of hydrogen-bond acceptors (Lipinski definition) is 3. The first-order chi connectivity index (χ1) is 10.7. The van der Waals surface area contributed by atoms with Gasteiger partial charge in [0.1, 0.15) is 12.1 Å². The van der Waals surface area contributed by atoms with Gasteiger partial charge in [0.15, 0.2) is 5.65 Å². The van der Waals surface area contributed by atoms with Crippen LogP contribution in [0.25, 0.3) is 22.6 Å². The first-order valence-corrected chi connectivity index (χ1v) is 7.20. The number of aromatic nitrogens is 5. The first kappa shape index (κ1) is 13.0. The topological polar surface area (TPSA) is 48.0 Å². The maximum Gasteiger partial charge on any atom is 0.165 e. The molecule has 3 heterocycles. The summed E-state index contributed by atoms with van der Waals surface area (Å²) in [6.07, 6.45) is 7.20. The lowest BCUT2D eigenvalue weighted by molar-refractivity contribution is 0.847. The number of nitrogens with zero attached hydrogens (tertiary/aromatic N) is 5. The summed E-state index contributed by atoms with van der Waals surface area (Å²) in [5.41, 5.74) is 3.74. The summed E-state index contributed by atoms with van der Waals surface area (Å²) in [7, 11) is 0. The van der Waals surface area contributed by atoms with Crippen molar-refractivity contribution in [2.24, 2.45) is 0 Å². The lowest BCUT2D eigenvalue weighted by atomic mass is 10.1. The highest BCUT2D eigenvalue weighted by Gasteiger charge is 2.12. The lowest BCUT2D eigenvalue weighted by Crippen LogP contribution is -2.04. The van der Waals surface area contributed by atoms with Crippen LogP contribution >= 0.6 is 11.6 Å². The molecule has 4 aromatic rings. The first-order valence-electron chi connectivity index (χ1n) is 6.82. The van der Waals surface area contributed by atoms with Gasteiger partial charge < -0.3 is 0 Å². The van der Waals surface area contributed by atoms with Crippen LogP contribution in [0, 0.1) is 6.92 Å². The molecule has 0 aliphatic rings. The molecule has 108 valence electrons. The van der Waals surface area contributed by atoms with Crippen molar-refractivity contribution in [3.63, 3.8) is 0 Å². The van der Waals surface area contributed by atoms with E-state index in [-0.39, 0.29) is 0 Å². The Hall–Kier alpha value is -2.66. The summed E-state index contributed by atoms with van der Waals surface area (Å²) in [5.74, 6) is 0.903. The van der Waals surface area contributed by atoms with Gasteiger partial charge in [-0.05, 0) is 24.6 Å². The Labute approximate surface area is 131 Å². The Morgan fingerprint density at radius 2 is 1.95 bits per heavy atom. The van der Waals surface area contributed by atoms with E-state index in [2.05, 4.69) is 15.1 Å². The molecule has 0 radical (unpaired) electrons. The summed E-state index contributed by atoms with van der Waals surface area (Å²) < 4.78 is 3.74. The summed E-state index contributed by atoms with van der Waals surface area (Å²) in [5, 5.41) is 5.20. The van der Waals surface area contributed by atoms with Gasteiger partial charge >= 0.3 is 0 Å². The van der Waals surface area contributed by atoms with Gasteiger partial charge in [0.25, 0.3) is 0 Å². The van der Waals surface area contributed by atoms with Gasteiger partial charge in [0.05, 0.1) is 6.20 Å². The third-order valence-electron chi connectivity index (χ3n) is 3.51. The van der Waals surface area contributed by atoms with Crippen molar-refractivity contribution in [3.05, 3.63) is 66.0 Å². The van der Waals surface area contributed by atoms with Crippen LogP contribution in [0.3, 0.4) is 0 Å². The number of imidazole rings is 1. The highest BCUT2D eigenvalue weighted by molar-refractivity contribution is 6.30. The van der Waals surface area contributed by atoms with Gasteiger partial charge in [-0.2, -0.15) is 9.61 Å². The molecule has 1 aromatic carbocycles. The third kappa shape index (κ3) is 2.07. The van der Waals surface area contributed by atoms with E-state index >= 15 is 0 Å². The molecule has 0 aliphatic heterocycles. The van der Waals surface area contributed by atoms with Crippen LogP contribution in [0.15, 0.2) is 55.2 Å². The van der Waals surface area contributed by atoms with Crippen LogP contribution in [0.5, 0.6) is 0 Å². The number of aryl methyl sites for hydroxylation is 1. The molecule has 0 amide bonds. The summed E-state index contributed by atoms with van der Waals surface area (Å²) >= 11 is 5.96. The maximum absolute atomic E-state index is 5.96. The number of halogens is 1. The van der Waals surface area contributed by atoms with E-state index in [9.17, 15) is 0 Å². The molecule has 3 aromatic heterocycles. The van der Waals surface area contributed by atoms with Gasteiger partial charge in [-0.15, -0.1) is 0 Å². The van der Waals surface area contributed by atoms with E-state index in [1.54, 1.807) is 12.5 Å². The molecule has 0 spiro atoms. The fourth-order valence-electron chi connectivity index (χ4n) is 2.48. The van der Waals surface area contributed by atoms with Crippen molar-refractivity contribution >= 4 is 17.2 Å². The Morgan fingerprint density at radius 3 is 2.68 bits per heavy atom. The smallest absolute Gasteiger partial charge is 0.165 e. The van der Waals surface area contributed by atoms with Crippen molar-refractivity contribution < 1.29 is 0 Å². The van der Waals surface area contributed by atoms with E-state index in [0.29, 0.717) is 5.02 Å². The average molecular weight is 310 g/mol. The van der Waals surface area contributed by atoms with E-state index in [4.69, 9.17) is 11.6 Å². The van der Waals surface area contributed by atoms with Crippen molar-refractivity contribution in [1.82, 2.24) is 24.1 Å². The fourth-order valence-corrected chi connectivity index (χ4v) is 2.60. The Balaban J connectivity index is 1.98. The van der Waals surface area contributed by atoms with Crippen LogP contribution in [0.1, 0.15) is 5.69 Å². The molecule has 0 bridgehead atoms. The number of rotatable bonds is 2. The minimum absolute atomic E-state index is 0.712. The minimum atomic E-state index is 0.712. The molecule has 0 atom stereocenters. The number of fused-ring (bicyclic) bond motifs is 1. The van der Waals surface area contributed by atoms with Crippen molar-refractivity contribution in [2.45, 2.75) is 6.92 Å². The Kier molecular flexibility index (Phi) is 2.94. The summed E-state index contributed by atoms with van der Waals surface area (Å²) in [6.45, 7) is 1.97. The zero-order valence-corrected chi connectivity index (χ0v) is 12.6. The van der Waals surface area contributed by atoms with Crippen LogP contribution in [-0.2, 0) is 0 Å². The molecule has 22 heavy (non-hydrogen) atoms. The molecule has 0 saturated heterocycles. The minimum Gasteiger partial charge on any atom is -0.290 e. The standard InChI is InChI=1S/C16H12ClN5/c1-11-8-15(21-7-6-18-10-21)22-16(20-11)14(9-19-22)12-2-4-13(17)5-3-12/h2-10H,1H3. The molecule has 0 N–H and O–H groups in total. The zero-order chi connectivity index (χ0) is 15.1. The molecular weight excluding hydrogens is 298 g/mol. The Morgan fingerprint density at radius 1 is 1.14 bits per heavy atom. The second-order valence-electron chi connectivity index (χ2n) is 5.03. The predicted molar refractivity (Wildman–Crippen MR) is 85.3 cm³/mol. The van der Waals surface area contributed by atoms with E-state index in [0.717, 1.165) is 28.3 Å². The second-order valence-corrected chi connectivity index (χ2v) is 5.46. The summed E-state index contributed by atoms with van der Waals surface area (Å²) in [6, 6.07) is 9.66. The normalized spacial score (nSPS) is 11.2. The van der Waals surface area contributed by atoms with Gasteiger partial charge in [-0.3, -0.25) is 4.57 Å². The van der Waals surface area contributed by atoms with Gasteiger partial charge in [0.2, 0.25) is 0 Å². The second kappa shape index (κ2) is 4.96. The van der Waals surface area contributed by atoms with Crippen molar-refractivity contribution in [2.75, 3.05) is 0 Å². The number of benzene rings is 1. The van der Waals surface area contributed by atoms with Crippen molar-refractivity contribution in [1.29, 1.82) is 0 Å². The largest absolute Gasteiger partial charge is 0.290 e. The lowest BCUT2D eigenvalue weighted by Gasteiger charge is -2.07. The van der Waals surface area contributed by atoms with E-state index < -0.39 is 0 Å². The quantitative estimate of drug-likeness (QED) is 0.569. The molecule has 0 saturated carbocycles. The van der Waals surface area contributed by atoms with Crippen LogP contribution < -0.4 is 0 Å². The van der Waals surface area contributed by atoms with Crippen LogP contribution in [-0.4, -0.2) is 24.1 Å². The maximum atomic E-state index is 5.96. The molecule has 0 fully saturated rings. The molecule has 6 heteroatoms. The molecular formula is C16H12ClN5. The monoisotopic (exact) mass is 309 g/mol. The molecule has 0 aliphatic carbocycles. The molecule has 4 rings (SSSR count). The average Bonchev–Trinajstić information content (AvgIpc) is 3.16. The Bertz CT molecular complexity index is 939. The van der Waals surface area contributed by atoms with Crippen LogP contribution in [0.4, 0.5) is 0 Å². The highest BCUT2D eigenvalue weighted by atomic mass is 35.5. The highest BCUT2D eigenvalue weighted by Crippen LogP contribution is 2.26. The van der Waals surface area contributed by atoms with Crippen molar-refractivity contribution in [3.8, 4) is 16.9 Å². The SMILES string of the molecule is Cc1cc(-n2ccnc2)n2ncc(-c3ccc(Cl)cc3)c2n1. The van der Waals surface area contributed by atoms with Gasteiger partial charge in [-0.25, -0.2) is 9.97 Å².